The molecule has 6 heteroatoms. The zero-order valence-electron chi connectivity index (χ0n) is 11.1. The highest BCUT2D eigenvalue weighted by Gasteiger charge is 2.14. The maximum Gasteiger partial charge on any atom is 0.295 e. The van der Waals surface area contributed by atoms with Crippen LogP contribution in [-0.2, 0) is 0 Å². The van der Waals surface area contributed by atoms with Gasteiger partial charge in [-0.25, -0.2) is 4.98 Å². The summed E-state index contributed by atoms with van der Waals surface area (Å²) in [6, 6.07) is 7.06. The average Bonchev–Trinajstić information content (AvgIpc) is 2.89. The van der Waals surface area contributed by atoms with E-state index in [9.17, 15) is 4.79 Å². The second kappa shape index (κ2) is 5.51. The monoisotopic (exact) mass is 260 g/mol. The van der Waals surface area contributed by atoms with Crippen molar-refractivity contribution in [2.24, 2.45) is 0 Å². The SMILES string of the molecule is COc1ccc(NC(=O)c2n[nH]c(C(C)C)n2)cc1. The minimum absolute atomic E-state index is 0.138. The number of anilines is 1. The van der Waals surface area contributed by atoms with E-state index in [0.717, 1.165) is 5.75 Å². The molecule has 2 rings (SSSR count). The number of aromatic nitrogens is 3. The Kier molecular flexibility index (Phi) is 3.79. The van der Waals surface area contributed by atoms with Gasteiger partial charge in [0.05, 0.1) is 7.11 Å². The normalized spacial score (nSPS) is 10.5. The first-order valence-electron chi connectivity index (χ1n) is 5.98. The number of rotatable bonds is 4. The fraction of sp³-hybridized carbons (Fsp3) is 0.308. The van der Waals surface area contributed by atoms with Gasteiger partial charge in [-0.2, -0.15) is 0 Å². The molecule has 2 N–H and O–H groups in total. The fourth-order valence-corrected chi connectivity index (χ4v) is 1.50. The first kappa shape index (κ1) is 13.1. The Morgan fingerprint density at radius 2 is 2.00 bits per heavy atom. The molecule has 100 valence electrons. The number of benzene rings is 1. The minimum Gasteiger partial charge on any atom is -0.497 e. The van der Waals surface area contributed by atoms with Gasteiger partial charge in [-0.1, -0.05) is 13.8 Å². The number of H-pyrrole nitrogens is 1. The van der Waals surface area contributed by atoms with E-state index in [0.29, 0.717) is 11.5 Å². The highest BCUT2D eigenvalue weighted by molar-refractivity contribution is 6.01. The van der Waals surface area contributed by atoms with E-state index in [-0.39, 0.29) is 17.6 Å². The molecule has 0 fully saturated rings. The molecule has 2 aromatic rings. The summed E-state index contributed by atoms with van der Waals surface area (Å²) < 4.78 is 5.05. The quantitative estimate of drug-likeness (QED) is 0.883. The lowest BCUT2D eigenvalue weighted by Gasteiger charge is -2.03. The number of ether oxygens (including phenoxy) is 1. The van der Waals surface area contributed by atoms with Crippen molar-refractivity contribution >= 4 is 11.6 Å². The van der Waals surface area contributed by atoms with Gasteiger partial charge in [-0.15, -0.1) is 5.10 Å². The lowest BCUT2D eigenvalue weighted by Crippen LogP contribution is -2.13. The largest absolute Gasteiger partial charge is 0.497 e. The summed E-state index contributed by atoms with van der Waals surface area (Å²) in [4.78, 5) is 16.1. The van der Waals surface area contributed by atoms with Gasteiger partial charge >= 0.3 is 0 Å². The first-order chi connectivity index (χ1) is 9.10. The lowest BCUT2D eigenvalue weighted by molar-refractivity contribution is 0.101. The Morgan fingerprint density at radius 3 is 2.53 bits per heavy atom. The molecule has 1 heterocycles. The van der Waals surface area contributed by atoms with Crippen LogP contribution in [0.2, 0.25) is 0 Å². The van der Waals surface area contributed by atoms with Crippen molar-refractivity contribution in [1.29, 1.82) is 0 Å². The van der Waals surface area contributed by atoms with Crippen LogP contribution in [0, 0.1) is 0 Å². The van der Waals surface area contributed by atoms with Crippen LogP contribution in [-0.4, -0.2) is 28.2 Å². The second-order valence-corrected chi connectivity index (χ2v) is 4.38. The number of methoxy groups -OCH3 is 1. The highest BCUT2D eigenvalue weighted by Crippen LogP contribution is 2.15. The molecule has 0 bridgehead atoms. The molecule has 0 radical (unpaired) electrons. The van der Waals surface area contributed by atoms with Gasteiger partial charge in [0.15, 0.2) is 0 Å². The van der Waals surface area contributed by atoms with Gasteiger partial charge < -0.3 is 10.1 Å². The summed E-state index contributed by atoms with van der Waals surface area (Å²) in [7, 11) is 1.59. The van der Waals surface area contributed by atoms with Gasteiger partial charge in [0.2, 0.25) is 5.82 Å². The van der Waals surface area contributed by atoms with Gasteiger partial charge in [-0.3, -0.25) is 9.89 Å². The summed E-state index contributed by atoms with van der Waals surface area (Å²) in [5.74, 6) is 1.43. The lowest BCUT2D eigenvalue weighted by atomic mass is 10.2. The van der Waals surface area contributed by atoms with E-state index in [4.69, 9.17) is 4.74 Å². The van der Waals surface area contributed by atoms with E-state index < -0.39 is 0 Å². The summed E-state index contributed by atoms with van der Waals surface area (Å²) >= 11 is 0. The Morgan fingerprint density at radius 1 is 1.32 bits per heavy atom. The van der Waals surface area contributed by atoms with Crippen LogP contribution in [0.3, 0.4) is 0 Å². The molecule has 0 spiro atoms. The molecule has 0 saturated carbocycles. The van der Waals surface area contributed by atoms with Crippen molar-refractivity contribution in [1.82, 2.24) is 15.2 Å². The molecular formula is C13H16N4O2. The van der Waals surface area contributed by atoms with Gasteiger partial charge in [-0.05, 0) is 24.3 Å². The van der Waals surface area contributed by atoms with E-state index in [1.807, 2.05) is 13.8 Å². The van der Waals surface area contributed by atoms with Crippen molar-refractivity contribution in [3.63, 3.8) is 0 Å². The van der Waals surface area contributed by atoms with E-state index in [1.165, 1.54) is 0 Å². The van der Waals surface area contributed by atoms with Crippen LogP contribution in [0.1, 0.15) is 36.2 Å². The molecule has 0 saturated heterocycles. The van der Waals surface area contributed by atoms with Crippen molar-refractivity contribution in [2.75, 3.05) is 12.4 Å². The third-order valence-corrected chi connectivity index (χ3v) is 2.60. The Balaban J connectivity index is 2.06. The second-order valence-electron chi connectivity index (χ2n) is 4.38. The zero-order valence-corrected chi connectivity index (χ0v) is 11.1. The highest BCUT2D eigenvalue weighted by atomic mass is 16.5. The number of nitrogens with one attached hydrogen (secondary N) is 2. The minimum atomic E-state index is -0.340. The molecule has 1 aromatic heterocycles. The molecule has 0 unspecified atom stereocenters. The molecular weight excluding hydrogens is 244 g/mol. The first-order valence-corrected chi connectivity index (χ1v) is 5.98. The van der Waals surface area contributed by atoms with Crippen molar-refractivity contribution < 1.29 is 9.53 Å². The van der Waals surface area contributed by atoms with Crippen LogP contribution < -0.4 is 10.1 Å². The molecule has 0 atom stereocenters. The third-order valence-electron chi connectivity index (χ3n) is 2.60. The third kappa shape index (κ3) is 3.09. The number of carbonyl (C=O) groups excluding carboxylic acids is 1. The number of aromatic amines is 1. The van der Waals surface area contributed by atoms with E-state index >= 15 is 0 Å². The average molecular weight is 260 g/mol. The molecule has 1 aromatic carbocycles. The summed E-state index contributed by atoms with van der Waals surface area (Å²) in [6.07, 6.45) is 0. The Labute approximate surface area is 111 Å². The van der Waals surface area contributed by atoms with E-state index in [1.54, 1.807) is 31.4 Å². The van der Waals surface area contributed by atoms with Crippen molar-refractivity contribution in [3.8, 4) is 5.75 Å². The molecule has 0 aliphatic heterocycles. The number of nitrogens with zero attached hydrogens (tertiary/aromatic N) is 2. The van der Waals surface area contributed by atoms with Crippen LogP contribution >= 0.6 is 0 Å². The maximum absolute atomic E-state index is 11.9. The smallest absolute Gasteiger partial charge is 0.295 e. The Hall–Kier alpha value is -2.37. The van der Waals surface area contributed by atoms with Crippen LogP contribution in [0.15, 0.2) is 24.3 Å². The molecule has 1 amide bonds. The predicted octanol–water partition coefficient (Wildman–Crippen LogP) is 2.19. The molecule has 6 nitrogen and oxygen atoms in total. The number of hydrogen-bond donors (Lipinski definition) is 2. The summed E-state index contributed by atoms with van der Waals surface area (Å²) in [5.41, 5.74) is 0.668. The fourth-order valence-electron chi connectivity index (χ4n) is 1.50. The zero-order chi connectivity index (χ0) is 13.8. The number of carbonyl (C=O) groups is 1. The van der Waals surface area contributed by atoms with Crippen LogP contribution in [0.25, 0.3) is 0 Å². The topological polar surface area (TPSA) is 79.9 Å². The number of hydrogen-bond acceptors (Lipinski definition) is 4. The summed E-state index contributed by atoms with van der Waals surface area (Å²) in [6.45, 7) is 3.96. The van der Waals surface area contributed by atoms with Crippen LogP contribution in [0.5, 0.6) is 5.75 Å². The molecule has 0 aliphatic rings. The van der Waals surface area contributed by atoms with Gasteiger partial charge in [0.1, 0.15) is 11.6 Å². The molecule has 19 heavy (non-hydrogen) atoms. The predicted molar refractivity (Wildman–Crippen MR) is 71.4 cm³/mol. The number of amides is 1. The molecule has 0 aliphatic carbocycles. The van der Waals surface area contributed by atoms with Gasteiger partial charge in [0, 0.05) is 11.6 Å². The maximum atomic E-state index is 11.9. The Bertz CT molecular complexity index is 560. The van der Waals surface area contributed by atoms with E-state index in [2.05, 4.69) is 20.5 Å². The van der Waals surface area contributed by atoms with Gasteiger partial charge in [0.25, 0.3) is 5.91 Å². The standard InChI is InChI=1S/C13H16N4O2/c1-8(2)11-15-12(17-16-11)13(18)14-9-4-6-10(19-3)7-5-9/h4-8H,1-3H3,(H,14,18)(H,15,16,17). The van der Waals surface area contributed by atoms with Crippen molar-refractivity contribution in [3.05, 3.63) is 35.9 Å². The summed E-state index contributed by atoms with van der Waals surface area (Å²) in [5, 5.41) is 9.36. The van der Waals surface area contributed by atoms with Crippen molar-refractivity contribution in [2.45, 2.75) is 19.8 Å². The van der Waals surface area contributed by atoms with Crippen LogP contribution in [0.4, 0.5) is 5.69 Å².